The van der Waals surface area contributed by atoms with Gasteiger partial charge in [0.1, 0.15) is 16.5 Å². The number of thiophene rings is 3. The molecule has 0 bridgehead atoms. The van der Waals surface area contributed by atoms with E-state index in [4.69, 9.17) is 0 Å². The van der Waals surface area contributed by atoms with Gasteiger partial charge in [-0.25, -0.2) is 0 Å². The molecule has 0 aliphatic heterocycles. The zero-order valence-electron chi connectivity index (χ0n) is 43.3. The second-order valence-corrected chi connectivity index (χ2v) is 38.6. The normalized spacial score (nSPS) is 18.4. The second kappa shape index (κ2) is 18.6. The van der Waals surface area contributed by atoms with Crippen LogP contribution in [0, 0.1) is 0 Å². The molecule has 0 amide bonds. The van der Waals surface area contributed by atoms with Crippen molar-refractivity contribution < 1.29 is 0 Å². The van der Waals surface area contributed by atoms with Crippen molar-refractivity contribution in [3.8, 4) is 0 Å². The van der Waals surface area contributed by atoms with E-state index in [1.54, 1.807) is 33.4 Å². The summed E-state index contributed by atoms with van der Waals surface area (Å²) in [6, 6.07) is 37.9. The molecule has 3 aromatic heterocycles. The molecule has 352 valence electrons. The van der Waals surface area contributed by atoms with E-state index in [2.05, 4.69) is 234 Å². The molecule has 0 radical (unpaired) electrons. The van der Waals surface area contributed by atoms with Crippen LogP contribution in [0.3, 0.4) is 0 Å². The quantitative estimate of drug-likeness (QED) is 0.133. The maximum atomic E-state index is 3.99. The summed E-state index contributed by atoms with van der Waals surface area (Å²) in [5, 5.41) is 4.40. The Bertz CT molecular complexity index is 3080. The molecule has 3 aliphatic carbocycles. The van der Waals surface area contributed by atoms with Gasteiger partial charge in [-0.15, -0.1) is 34.0 Å². The summed E-state index contributed by atoms with van der Waals surface area (Å²) in [6.45, 7) is 40.2. The van der Waals surface area contributed by atoms with Gasteiger partial charge in [-0.2, -0.15) is 0 Å². The van der Waals surface area contributed by atoms with Gasteiger partial charge in [-0.3, -0.25) is 0 Å². The van der Waals surface area contributed by atoms with Crippen molar-refractivity contribution in [1.82, 2.24) is 9.96 Å². The van der Waals surface area contributed by atoms with Crippen LogP contribution >= 0.6 is 34.0 Å². The van der Waals surface area contributed by atoms with E-state index in [1.807, 2.05) is 34.0 Å². The molecular weight excluding hydrogens is 919 g/mol. The van der Waals surface area contributed by atoms with E-state index < -0.39 is 24.7 Å². The summed E-state index contributed by atoms with van der Waals surface area (Å²) >= 11 is 5.91. The third-order valence-corrected chi connectivity index (χ3v) is 28.7. The van der Waals surface area contributed by atoms with Gasteiger partial charge < -0.3 is 14.9 Å². The number of anilines is 1. The van der Waals surface area contributed by atoms with Crippen LogP contribution in [0.1, 0.15) is 124 Å². The molecule has 0 spiro atoms. The van der Waals surface area contributed by atoms with Crippen LogP contribution in [0.15, 0.2) is 120 Å². The lowest BCUT2D eigenvalue weighted by molar-refractivity contribution is 0.508. The summed E-state index contributed by atoms with van der Waals surface area (Å²) in [5.41, 5.74) is 17.2. The molecule has 3 unspecified atom stereocenters. The van der Waals surface area contributed by atoms with Crippen molar-refractivity contribution in [2.75, 3.05) is 4.98 Å². The highest BCUT2D eigenvalue weighted by Crippen LogP contribution is 2.55. The first-order valence-electron chi connectivity index (χ1n) is 24.4. The molecule has 0 saturated carbocycles. The number of allylic oxidation sites excluding steroid dienone is 6. The van der Waals surface area contributed by atoms with Crippen molar-refractivity contribution in [3.63, 3.8) is 0 Å². The van der Waals surface area contributed by atoms with Gasteiger partial charge in [0, 0.05) is 56.6 Å². The van der Waals surface area contributed by atoms with Gasteiger partial charge in [0.15, 0.2) is 8.24 Å². The molecular formula is C58H75N3S3Si3. The van der Waals surface area contributed by atoms with Crippen molar-refractivity contribution in [1.29, 1.82) is 0 Å². The average molecular weight is 995 g/mol. The molecule has 3 nitrogen and oxygen atoms in total. The summed E-state index contributed by atoms with van der Waals surface area (Å²) in [6.07, 6.45) is 0. The largest absolute Gasteiger partial charge is 0.410 e. The molecule has 10 rings (SSSR count). The molecule has 0 fully saturated rings. The monoisotopic (exact) mass is 993 g/mol. The predicted octanol–water partition coefficient (Wildman–Crippen LogP) is 18.1. The van der Waals surface area contributed by atoms with Gasteiger partial charge in [-0.05, 0) is 148 Å². The number of benzene rings is 4. The molecule has 9 heteroatoms. The number of nitrogens with one attached hydrogen (secondary N) is 3. The van der Waals surface area contributed by atoms with E-state index in [0.717, 1.165) is 0 Å². The minimum absolute atomic E-state index is 0.165. The lowest BCUT2D eigenvalue weighted by Gasteiger charge is -2.38. The van der Waals surface area contributed by atoms with Crippen molar-refractivity contribution in [3.05, 3.63) is 151 Å². The minimum Gasteiger partial charge on any atom is -0.410 e. The summed E-state index contributed by atoms with van der Waals surface area (Å²) < 4.78 is 4.29. The lowest BCUT2D eigenvalue weighted by atomic mass is 10.1. The highest BCUT2D eigenvalue weighted by atomic mass is 32.1. The Kier molecular flexibility index (Phi) is 13.8. The van der Waals surface area contributed by atoms with Gasteiger partial charge in [0.2, 0.25) is 0 Å². The van der Waals surface area contributed by atoms with Crippen LogP contribution < -0.4 is 14.9 Å². The number of para-hydroxylation sites is 1. The predicted molar refractivity (Wildman–Crippen MR) is 312 cm³/mol. The Morgan fingerprint density at radius 1 is 0.448 bits per heavy atom. The zero-order chi connectivity index (χ0) is 48.5. The first kappa shape index (κ1) is 49.8. The third kappa shape index (κ3) is 9.41. The van der Waals surface area contributed by atoms with E-state index >= 15 is 0 Å². The summed E-state index contributed by atoms with van der Waals surface area (Å²) in [5.74, 6) is 0. The Morgan fingerprint density at radius 3 is 1.13 bits per heavy atom. The van der Waals surface area contributed by atoms with Crippen LogP contribution in [-0.2, 0) is 0 Å². The molecule has 3 N–H and O–H groups in total. The Hall–Kier alpha value is -3.65. The molecule has 67 heavy (non-hydrogen) atoms. The average Bonchev–Trinajstić information content (AvgIpc) is 4.07. The summed E-state index contributed by atoms with van der Waals surface area (Å²) in [7, 11) is -4.96. The van der Waals surface area contributed by atoms with E-state index in [-0.39, 0.29) is 5.54 Å². The number of hydrogen-bond acceptors (Lipinski definition) is 6. The van der Waals surface area contributed by atoms with Crippen LogP contribution in [-0.4, -0.2) is 36.3 Å². The maximum absolute atomic E-state index is 3.99. The van der Waals surface area contributed by atoms with Crippen LogP contribution in [0.2, 0.25) is 39.3 Å². The number of hydrogen-bond donors (Lipinski definition) is 3. The third-order valence-electron chi connectivity index (χ3n) is 14.6. The molecule has 7 aromatic rings. The highest BCUT2D eigenvalue weighted by Gasteiger charge is 2.45. The smallest absolute Gasteiger partial charge is 0.158 e. The second-order valence-electron chi connectivity index (χ2n) is 22.6. The van der Waals surface area contributed by atoms with Crippen molar-refractivity contribution >= 4 is 111 Å². The first-order chi connectivity index (χ1) is 31.4. The Balaban J connectivity index is 0.000000137. The van der Waals surface area contributed by atoms with Crippen LogP contribution in [0.5, 0.6) is 0 Å². The Labute approximate surface area is 418 Å². The molecule has 4 aromatic carbocycles. The standard InChI is InChI=1S/C21H23NSSi.C19H27NSSi.C18H25NSSi/c1-14-15(2)21(24(3,4)22-16-10-6-5-7-11-16)19-17-12-8-9-13-18(17)23-20(14)19;1-12-13(2)18(22(6,7)20-19(3,4)5)16-14-10-8-9-11-15(14)21-17(12)16;1-11(2)19-21(5,6)18-13(4)12(3)17-16(18)14-9-7-8-10-15(14)20-17/h5-13,21-22H,1-4H3;8-11,18,20H,1-7H3;7-11,18-19H,1-6H3. The van der Waals surface area contributed by atoms with Crippen molar-refractivity contribution in [2.24, 2.45) is 0 Å². The molecule has 3 atom stereocenters. The lowest BCUT2D eigenvalue weighted by Crippen LogP contribution is -2.58. The maximum Gasteiger partial charge on any atom is 0.158 e. The first-order valence-corrected chi connectivity index (χ1v) is 36.1. The fourth-order valence-electron chi connectivity index (χ4n) is 12.3. The van der Waals surface area contributed by atoms with Gasteiger partial charge in [-0.1, -0.05) is 143 Å². The van der Waals surface area contributed by atoms with E-state index in [9.17, 15) is 0 Å². The minimum atomic E-state index is -1.75. The fraction of sp³-hybridized carbons (Fsp3) is 0.379. The molecule has 3 aliphatic rings. The van der Waals surface area contributed by atoms with E-state index in [0.29, 0.717) is 22.7 Å². The summed E-state index contributed by atoms with van der Waals surface area (Å²) in [4.78, 5) is 16.4. The highest BCUT2D eigenvalue weighted by molar-refractivity contribution is 7.21. The van der Waals surface area contributed by atoms with Gasteiger partial charge >= 0.3 is 0 Å². The van der Waals surface area contributed by atoms with Gasteiger partial charge in [0.05, 0.1) is 0 Å². The zero-order valence-corrected chi connectivity index (χ0v) is 48.8. The van der Waals surface area contributed by atoms with Gasteiger partial charge in [0.25, 0.3) is 0 Å². The Morgan fingerprint density at radius 2 is 0.776 bits per heavy atom. The molecule has 0 saturated heterocycles. The number of fused-ring (bicyclic) bond motifs is 9. The van der Waals surface area contributed by atoms with Crippen LogP contribution in [0.25, 0.3) is 47.0 Å². The number of rotatable bonds is 8. The van der Waals surface area contributed by atoms with Crippen LogP contribution in [0.4, 0.5) is 5.69 Å². The fourth-order valence-corrected chi connectivity index (χ4v) is 28.2. The molecule has 3 heterocycles. The topological polar surface area (TPSA) is 36.1 Å². The SMILES string of the molecule is CC1=C(C)C([Si](C)(C)NC(C)(C)C)c2c1sc1ccccc21.CC1=C(C)C([Si](C)(C)NC(C)C)c2c1sc1ccccc21.CC1=C(C)C([Si](C)(C)Nc2ccccc2)c2c1sc1ccccc21. The van der Waals surface area contributed by atoms with E-state index in [1.165, 1.54) is 67.3 Å². The van der Waals surface area contributed by atoms with Crippen molar-refractivity contribution in [2.45, 2.75) is 144 Å².